The Hall–Kier alpha value is -1.97. The van der Waals surface area contributed by atoms with Crippen LogP contribution in [0.2, 0.25) is 0 Å². The Labute approximate surface area is 92.5 Å². The molecule has 0 atom stereocenters. The van der Waals surface area contributed by atoms with E-state index in [0.29, 0.717) is 16.9 Å². The number of halogens is 1. The van der Waals surface area contributed by atoms with Crippen molar-refractivity contribution in [3.8, 4) is 5.69 Å². The van der Waals surface area contributed by atoms with Gasteiger partial charge in [-0.05, 0) is 25.5 Å². The van der Waals surface area contributed by atoms with Crippen LogP contribution in [0.4, 0.5) is 4.39 Å². The molecule has 0 aliphatic heterocycles. The van der Waals surface area contributed by atoms with E-state index >= 15 is 0 Å². The molecule has 0 spiro atoms. The second kappa shape index (κ2) is 3.89. The van der Waals surface area contributed by atoms with E-state index in [0.717, 1.165) is 11.8 Å². The molecule has 0 aliphatic rings. The van der Waals surface area contributed by atoms with Crippen LogP contribution in [0.25, 0.3) is 5.69 Å². The van der Waals surface area contributed by atoms with Crippen molar-refractivity contribution in [3.05, 3.63) is 47.0 Å². The van der Waals surface area contributed by atoms with Crippen molar-refractivity contribution in [1.29, 1.82) is 0 Å². The van der Waals surface area contributed by atoms with E-state index < -0.39 is 0 Å². The molecule has 0 bridgehead atoms. The summed E-state index contributed by atoms with van der Waals surface area (Å²) in [4.78, 5) is 10.7. The molecule has 0 unspecified atom stereocenters. The van der Waals surface area contributed by atoms with Gasteiger partial charge in [0.15, 0.2) is 6.29 Å². The Morgan fingerprint density at radius 2 is 2.12 bits per heavy atom. The fourth-order valence-electron chi connectivity index (χ4n) is 1.62. The third-order valence-electron chi connectivity index (χ3n) is 2.48. The SMILES string of the molecule is Cc1cccc(F)c1-n1cc(C=O)c(C)n1. The van der Waals surface area contributed by atoms with Crippen LogP contribution in [0.5, 0.6) is 0 Å². The van der Waals surface area contributed by atoms with Gasteiger partial charge in [-0.2, -0.15) is 5.10 Å². The lowest BCUT2D eigenvalue weighted by Crippen LogP contribution is -2.01. The summed E-state index contributed by atoms with van der Waals surface area (Å²) in [7, 11) is 0. The van der Waals surface area contributed by atoms with Crippen molar-refractivity contribution in [2.75, 3.05) is 0 Å². The third-order valence-corrected chi connectivity index (χ3v) is 2.48. The van der Waals surface area contributed by atoms with Crippen molar-refractivity contribution in [2.45, 2.75) is 13.8 Å². The van der Waals surface area contributed by atoms with Crippen LogP contribution < -0.4 is 0 Å². The topological polar surface area (TPSA) is 34.9 Å². The Morgan fingerprint density at radius 1 is 1.38 bits per heavy atom. The Morgan fingerprint density at radius 3 is 2.69 bits per heavy atom. The van der Waals surface area contributed by atoms with Crippen molar-refractivity contribution in [3.63, 3.8) is 0 Å². The first-order valence-corrected chi connectivity index (χ1v) is 4.90. The Kier molecular flexibility index (Phi) is 2.56. The van der Waals surface area contributed by atoms with Gasteiger partial charge < -0.3 is 0 Å². The van der Waals surface area contributed by atoms with E-state index in [1.165, 1.54) is 16.9 Å². The maximum atomic E-state index is 13.6. The number of benzene rings is 1. The van der Waals surface area contributed by atoms with E-state index in [1.54, 1.807) is 26.0 Å². The number of carbonyl (C=O) groups is 1. The average molecular weight is 218 g/mol. The van der Waals surface area contributed by atoms with E-state index in [2.05, 4.69) is 5.10 Å². The minimum Gasteiger partial charge on any atom is -0.298 e. The number of aromatic nitrogens is 2. The largest absolute Gasteiger partial charge is 0.298 e. The fraction of sp³-hybridized carbons (Fsp3) is 0.167. The maximum Gasteiger partial charge on any atom is 0.153 e. The number of nitrogens with zero attached hydrogens (tertiary/aromatic N) is 2. The summed E-state index contributed by atoms with van der Waals surface area (Å²) in [6.07, 6.45) is 2.25. The predicted molar refractivity (Wildman–Crippen MR) is 58.4 cm³/mol. The second-order valence-corrected chi connectivity index (χ2v) is 3.64. The summed E-state index contributed by atoms with van der Waals surface area (Å²) in [6.45, 7) is 3.52. The molecule has 4 heteroatoms. The predicted octanol–water partition coefficient (Wildman–Crippen LogP) is 2.44. The van der Waals surface area contributed by atoms with Gasteiger partial charge in [-0.15, -0.1) is 0 Å². The first kappa shape index (κ1) is 10.5. The summed E-state index contributed by atoms with van der Waals surface area (Å²) >= 11 is 0. The molecule has 16 heavy (non-hydrogen) atoms. The van der Waals surface area contributed by atoms with Gasteiger partial charge in [0.2, 0.25) is 0 Å². The Bertz CT molecular complexity index is 526. The Balaban J connectivity index is 2.63. The summed E-state index contributed by atoms with van der Waals surface area (Å²) in [5, 5.41) is 4.12. The molecule has 0 saturated heterocycles. The molecule has 0 N–H and O–H groups in total. The third kappa shape index (κ3) is 1.62. The lowest BCUT2D eigenvalue weighted by Gasteiger charge is -2.06. The molecule has 0 radical (unpaired) electrons. The van der Waals surface area contributed by atoms with Crippen molar-refractivity contribution >= 4 is 6.29 Å². The van der Waals surface area contributed by atoms with Gasteiger partial charge in [0.1, 0.15) is 11.5 Å². The van der Waals surface area contributed by atoms with Crippen molar-refractivity contribution in [1.82, 2.24) is 9.78 Å². The quantitative estimate of drug-likeness (QED) is 0.725. The van der Waals surface area contributed by atoms with Crippen LogP contribution in [0.15, 0.2) is 24.4 Å². The van der Waals surface area contributed by atoms with Gasteiger partial charge in [-0.3, -0.25) is 4.79 Å². The molecular formula is C12H11FN2O. The van der Waals surface area contributed by atoms with Crippen molar-refractivity contribution < 1.29 is 9.18 Å². The van der Waals surface area contributed by atoms with E-state index in [1.807, 2.05) is 0 Å². The van der Waals surface area contributed by atoms with Crippen LogP contribution in [0, 0.1) is 19.7 Å². The summed E-state index contributed by atoms with van der Waals surface area (Å²) in [5.41, 5.74) is 2.24. The van der Waals surface area contributed by atoms with Gasteiger partial charge in [0.25, 0.3) is 0 Å². The highest BCUT2D eigenvalue weighted by Crippen LogP contribution is 2.18. The molecule has 0 amide bonds. The number of para-hydroxylation sites is 1. The van der Waals surface area contributed by atoms with E-state index in [-0.39, 0.29) is 5.82 Å². The van der Waals surface area contributed by atoms with Crippen LogP contribution in [0.3, 0.4) is 0 Å². The standard InChI is InChI=1S/C12H11FN2O/c1-8-4-3-5-11(13)12(8)15-6-10(7-16)9(2)14-15/h3-7H,1-2H3. The highest BCUT2D eigenvalue weighted by molar-refractivity contribution is 5.76. The minimum atomic E-state index is -0.347. The van der Waals surface area contributed by atoms with Crippen LogP contribution >= 0.6 is 0 Å². The number of hydrogen-bond acceptors (Lipinski definition) is 2. The smallest absolute Gasteiger partial charge is 0.153 e. The first-order chi connectivity index (χ1) is 7.63. The fourth-order valence-corrected chi connectivity index (χ4v) is 1.62. The van der Waals surface area contributed by atoms with Gasteiger partial charge in [0, 0.05) is 6.20 Å². The monoisotopic (exact) mass is 218 g/mol. The number of aryl methyl sites for hydroxylation is 2. The molecule has 1 aromatic carbocycles. The van der Waals surface area contributed by atoms with Gasteiger partial charge >= 0.3 is 0 Å². The average Bonchev–Trinajstić information content (AvgIpc) is 2.59. The molecule has 3 nitrogen and oxygen atoms in total. The number of aldehydes is 1. The zero-order valence-corrected chi connectivity index (χ0v) is 9.07. The summed E-state index contributed by atoms with van der Waals surface area (Å²) in [6, 6.07) is 4.82. The lowest BCUT2D eigenvalue weighted by atomic mass is 10.2. The molecule has 2 rings (SSSR count). The molecule has 2 aromatic rings. The molecular weight excluding hydrogens is 207 g/mol. The molecule has 0 aliphatic carbocycles. The maximum absolute atomic E-state index is 13.6. The highest BCUT2D eigenvalue weighted by Gasteiger charge is 2.11. The molecule has 82 valence electrons. The van der Waals surface area contributed by atoms with Crippen LogP contribution in [0.1, 0.15) is 21.6 Å². The van der Waals surface area contributed by atoms with Crippen molar-refractivity contribution in [2.24, 2.45) is 0 Å². The summed E-state index contributed by atoms with van der Waals surface area (Å²) < 4.78 is 15.0. The lowest BCUT2D eigenvalue weighted by molar-refractivity contribution is 0.112. The molecule has 0 saturated carbocycles. The first-order valence-electron chi connectivity index (χ1n) is 4.90. The van der Waals surface area contributed by atoms with E-state index in [9.17, 15) is 9.18 Å². The zero-order valence-electron chi connectivity index (χ0n) is 9.07. The van der Waals surface area contributed by atoms with Crippen LogP contribution in [-0.2, 0) is 0 Å². The minimum absolute atomic E-state index is 0.347. The molecule has 1 heterocycles. The molecule has 1 aromatic heterocycles. The number of hydrogen-bond donors (Lipinski definition) is 0. The van der Waals surface area contributed by atoms with E-state index in [4.69, 9.17) is 0 Å². The highest BCUT2D eigenvalue weighted by atomic mass is 19.1. The number of carbonyl (C=O) groups excluding carboxylic acids is 1. The molecule has 0 fully saturated rings. The van der Waals surface area contributed by atoms with Gasteiger partial charge in [-0.1, -0.05) is 12.1 Å². The number of rotatable bonds is 2. The summed E-state index contributed by atoms with van der Waals surface area (Å²) in [5.74, 6) is -0.347. The van der Waals surface area contributed by atoms with Gasteiger partial charge in [-0.25, -0.2) is 9.07 Å². The normalized spacial score (nSPS) is 10.4. The van der Waals surface area contributed by atoms with Gasteiger partial charge in [0.05, 0.1) is 11.3 Å². The second-order valence-electron chi connectivity index (χ2n) is 3.64. The zero-order chi connectivity index (χ0) is 11.7. The van der Waals surface area contributed by atoms with Crippen LogP contribution in [-0.4, -0.2) is 16.1 Å².